The highest BCUT2D eigenvalue weighted by atomic mass is 16.3. The quantitative estimate of drug-likeness (QED) is 0.820. The van der Waals surface area contributed by atoms with Gasteiger partial charge in [0.1, 0.15) is 0 Å². The van der Waals surface area contributed by atoms with E-state index in [-0.39, 0.29) is 24.0 Å². The standard InChI is InChI=1S/C14H22O2/c1-13(2,9-15)11-5-7-12(8-6-11)14(3,4)10-16/h5-8,15-16H,9-10H2,1-4H3. The summed E-state index contributed by atoms with van der Waals surface area (Å²) >= 11 is 0. The van der Waals surface area contributed by atoms with Crippen molar-refractivity contribution in [3.8, 4) is 0 Å². The van der Waals surface area contributed by atoms with Crippen LogP contribution in [0.25, 0.3) is 0 Å². The zero-order chi connectivity index (χ0) is 12.4. The fourth-order valence-electron chi connectivity index (χ4n) is 1.56. The largest absolute Gasteiger partial charge is 0.395 e. The summed E-state index contributed by atoms with van der Waals surface area (Å²) in [6.07, 6.45) is 0. The Labute approximate surface area is 97.9 Å². The van der Waals surface area contributed by atoms with Crippen molar-refractivity contribution in [1.82, 2.24) is 0 Å². The molecular formula is C14H22O2. The lowest BCUT2D eigenvalue weighted by Crippen LogP contribution is -2.24. The van der Waals surface area contributed by atoms with Crippen molar-refractivity contribution in [2.75, 3.05) is 13.2 Å². The third-order valence-corrected chi connectivity index (χ3v) is 3.24. The number of aliphatic hydroxyl groups excluding tert-OH is 2. The Morgan fingerprint density at radius 3 is 1.19 bits per heavy atom. The number of hydrogen-bond donors (Lipinski definition) is 2. The van der Waals surface area contributed by atoms with E-state index in [1.165, 1.54) is 0 Å². The summed E-state index contributed by atoms with van der Waals surface area (Å²) in [7, 11) is 0. The van der Waals surface area contributed by atoms with Gasteiger partial charge in [-0.15, -0.1) is 0 Å². The fraction of sp³-hybridized carbons (Fsp3) is 0.571. The molecular weight excluding hydrogens is 200 g/mol. The molecule has 0 fully saturated rings. The van der Waals surface area contributed by atoms with Gasteiger partial charge in [-0.2, -0.15) is 0 Å². The molecule has 0 unspecified atom stereocenters. The molecule has 2 heteroatoms. The predicted molar refractivity (Wildman–Crippen MR) is 66.7 cm³/mol. The molecule has 0 aromatic heterocycles. The highest BCUT2D eigenvalue weighted by Gasteiger charge is 2.22. The molecule has 0 bridgehead atoms. The van der Waals surface area contributed by atoms with E-state index in [2.05, 4.69) is 0 Å². The van der Waals surface area contributed by atoms with Crippen molar-refractivity contribution in [1.29, 1.82) is 0 Å². The third kappa shape index (κ3) is 2.63. The second kappa shape index (κ2) is 4.56. The Morgan fingerprint density at radius 1 is 0.750 bits per heavy atom. The van der Waals surface area contributed by atoms with Gasteiger partial charge in [-0.25, -0.2) is 0 Å². The summed E-state index contributed by atoms with van der Waals surface area (Å²) in [5, 5.41) is 18.6. The number of hydrogen-bond acceptors (Lipinski definition) is 2. The second-order valence-electron chi connectivity index (χ2n) is 5.66. The van der Waals surface area contributed by atoms with Gasteiger partial charge >= 0.3 is 0 Å². The van der Waals surface area contributed by atoms with Crippen LogP contribution in [0.4, 0.5) is 0 Å². The lowest BCUT2D eigenvalue weighted by molar-refractivity contribution is 0.216. The minimum absolute atomic E-state index is 0.135. The van der Waals surface area contributed by atoms with Crippen molar-refractivity contribution in [2.24, 2.45) is 0 Å². The first-order chi connectivity index (χ1) is 7.33. The van der Waals surface area contributed by atoms with E-state index in [4.69, 9.17) is 0 Å². The Bertz CT molecular complexity index is 301. The molecule has 0 heterocycles. The maximum atomic E-state index is 9.28. The maximum absolute atomic E-state index is 9.28. The van der Waals surface area contributed by atoms with Crippen LogP contribution in [0.5, 0.6) is 0 Å². The SMILES string of the molecule is CC(C)(CO)c1ccc(C(C)(C)CO)cc1. The zero-order valence-electron chi connectivity index (χ0n) is 10.6. The van der Waals surface area contributed by atoms with Gasteiger partial charge < -0.3 is 10.2 Å². The Morgan fingerprint density at radius 2 is 1.00 bits per heavy atom. The van der Waals surface area contributed by atoms with Gasteiger partial charge in [0.25, 0.3) is 0 Å². The average Bonchev–Trinajstić information content (AvgIpc) is 2.29. The molecule has 1 aromatic carbocycles. The van der Waals surface area contributed by atoms with Crippen LogP contribution in [-0.4, -0.2) is 23.4 Å². The molecule has 1 aromatic rings. The highest BCUT2D eigenvalue weighted by molar-refractivity contribution is 5.32. The molecule has 0 atom stereocenters. The van der Waals surface area contributed by atoms with Crippen LogP contribution in [0, 0.1) is 0 Å². The van der Waals surface area contributed by atoms with Crippen molar-refractivity contribution in [3.63, 3.8) is 0 Å². The van der Waals surface area contributed by atoms with Crippen LogP contribution in [0.2, 0.25) is 0 Å². The van der Waals surface area contributed by atoms with E-state index in [1.54, 1.807) is 0 Å². The first-order valence-corrected chi connectivity index (χ1v) is 5.66. The van der Waals surface area contributed by atoms with Gasteiger partial charge in [0.2, 0.25) is 0 Å². The van der Waals surface area contributed by atoms with E-state index in [9.17, 15) is 10.2 Å². The summed E-state index contributed by atoms with van der Waals surface area (Å²) in [6, 6.07) is 8.12. The second-order valence-corrected chi connectivity index (χ2v) is 5.66. The molecule has 0 radical (unpaired) electrons. The van der Waals surface area contributed by atoms with Crippen molar-refractivity contribution in [3.05, 3.63) is 35.4 Å². The number of aliphatic hydroxyl groups is 2. The van der Waals surface area contributed by atoms with Crippen LogP contribution in [0.15, 0.2) is 24.3 Å². The van der Waals surface area contributed by atoms with Crippen molar-refractivity contribution in [2.45, 2.75) is 38.5 Å². The average molecular weight is 222 g/mol. The van der Waals surface area contributed by atoms with Crippen LogP contribution >= 0.6 is 0 Å². The van der Waals surface area contributed by atoms with E-state index in [1.807, 2.05) is 52.0 Å². The van der Waals surface area contributed by atoms with Gasteiger partial charge in [-0.05, 0) is 11.1 Å². The zero-order valence-corrected chi connectivity index (χ0v) is 10.6. The van der Waals surface area contributed by atoms with E-state index in [0.717, 1.165) is 11.1 Å². The minimum atomic E-state index is -0.206. The van der Waals surface area contributed by atoms with Gasteiger partial charge in [0, 0.05) is 10.8 Å². The Hall–Kier alpha value is -0.860. The van der Waals surface area contributed by atoms with Crippen molar-refractivity contribution < 1.29 is 10.2 Å². The molecule has 2 N–H and O–H groups in total. The van der Waals surface area contributed by atoms with Gasteiger partial charge in [-0.1, -0.05) is 52.0 Å². The summed E-state index contributed by atoms with van der Waals surface area (Å²) in [6.45, 7) is 8.32. The smallest absolute Gasteiger partial charge is 0.0522 e. The molecule has 0 aliphatic carbocycles. The minimum Gasteiger partial charge on any atom is -0.395 e. The molecule has 0 aliphatic heterocycles. The molecule has 0 spiro atoms. The first kappa shape index (κ1) is 13.2. The van der Waals surface area contributed by atoms with E-state index in [0.29, 0.717) is 0 Å². The van der Waals surface area contributed by atoms with Gasteiger partial charge in [-0.3, -0.25) is 0 Å². The normalized spacial score (nSPS) is 12.9. The van der Waals surface area contributed by atoms with Gasteiger partial charge in [0.15, 0.2) is 0 Å². The molecule has 16 heavy (non-hydrogen) atoms. The monoisotopic (exact) mass is 222 g/mol. The van der Waals surface area contributed by atoms with Crippen LogP contribution in [0.1, 0.15) is 38.8 Å². The fourth-order valence-corrected chi connectivity index (χ4v) is 1.56. The molecule has 0 saturated heterocycles. The predicted octanol–water partition coefficient (Wildman–Crippen LogP) is 2.23. The Balaban J connectivity index is 3.00. The highest BCUT2D eigenvalue weighted by Crippen LogP contribution is 2.27. The molecule has 0 saturated carbocycles. The van der Waals surface area contributed by atoms with Crippen LogP contribution < -0.4 is 0 Å². The van der Waals surface area contributed by atoms with Crippen LogP contribution in [-0.2, 0) is 10.8 Å². The topological polar surface area (TPSA) is 40.5 Å². The van der Waals surface area contributed by atoms with E-state index >= 15 is 0 Å². The maximum Gasteiger partial charge on any atom is 0.0522 e. The lowest BCUT2D eigenvalue weighted by atomic mass is 9.81. The molecule has 0 aliphatic rings. The third-order valence-electron chi connectivity index (χ3n) is 3.24. The molecule has 1 rings (SSSR count). The Kier molecular flexibility index (Phi) is 3.76. The summed E-state index contributed by atoms with van der Waals surface area (Å²) in [5.74, 6) is 0. The molecule has 90 valence electrons. The lowest BCUT2D eigenvalue weighted by Gasteiger charge is -2.26. The first-order valence-electron chi connectivity index (χ1n) is 5.66. The van der Waals surface area contributed by atoms with Crippen LogP contribution in [0.3, 0.4) is 0 Å². The number of rotatable bonds is 4. The summed E-state index contributed by atoms with van der Waals surface area (Å²) in [5.41, 5.74) is 1.82. The number of benzene rings is 1. The van der Waals surface area contributed by atoms with Gasteiger partial charge in [0.05, 0.1) is 13.2 Å². The van der Waals surface area contributed by atoms with Crippen molar-refractivity contribution >= 4 is 0 Å². The summed E-state index contributed by atoms with van der Waals surface area (Å²) < 4.78 is 0. The van der Waals surface area contributed by atoms with E-state index < -0.39 is 0 Å². The summed E-state index contributed by atoms with van der Waals surface area (Å²) in [4.78, 5) is 0. The molecule has 2 nitrogen and oxygen atoms in total. The molecule has 0 amide bonds.